The number of urea groups is 1. The van der Waals surface area contributed by atoms with Crippen LogP contribution < -0.4 is 14.8 Å². The average molecular weight is 302 g/mol. The third-order valence-corrected chi connectivity index (χ3v) is 5.03. The van der Waals surface area contributed by atoms with E-state index >= 15 is 0 Å². The average Bonchev–Trinajstić information content (AvgIpc) is 3.27. The van der Waals surface area contributed by atoms with Crippen LogP contribution >= 0.6 is 0 Å². The maximum atomic E-state index is 12.3. The Balaban J connectivity index is 1.38. The van der Waals surface area contributed by atoms with Crippen LogP contribution in [-0.2, 0) is 0 Å². The first-order chi connectivity index (χ1) is 10.8. The highest BCUT2D eigenvalue weighted by Gasteiger charge is 2.30. The van der Waals surface area contributed by atoms with Crippen LogP contribution in [0.1, 0.15) is 43.6 Å². The monoisotopic (exact) mass is 302 g/mol. The van der Waals surface area contributed by atoms with Gasteiger partial charge in [-0.25, -0.2) is 4.79 Å². The van der Waals surface area contributed by atoms with Crippen LogP contribution in [0.5, 0.6) is 11.5 Å². The van der Waals surface area contributed by atoms with E-state index in [0.29, 0.717) is 18.8 Å². The Hall–Kier alpha value is -1.91. The van der Waals surface area contributed by atoms with Crippen LogP contribution in [0.3, 0.4) is 0 Å². The van der Waals surface area contributed by atoms with Crippen LogP contribution in [0.2, 0.25) is 0 Å². The predicted octanol–water partition coefficient (Wildman–Crippen LogP) is 2.86. The molecule has 1 N–H and O–H groups in total. The molecule has 1 saturated carbocycles. The molecule has 0 aromatic heterocycles. The number of nitrogens with one attached hydrogen (secondary N) is 1. The number of fused-ring (bicyclic) bond motifs is 1. The topological polar surface area (TPSA) is 50.8 Å². The maximum Gasteiger partial charge on any atom is 0.317 e. The molecule has 1 aliphatic carbocycles. The Morgan fingerprint density at radius 1 is 1.14 bits per heavy atom. The normalized spacial score (nSPS) is 24.0. The molecule has 0 radical (unpaired) electrons. The standard InChI is InChI=1S/C17H22N2O3/c20-17(18-14-3-1-2-4-14)19-8-7-13(10-19)12-5-6-15-16(9-12)22-11-21-15/h5-6,9,13-14H,1-4,7-8,10-11H2,(H,18,20). The summed E-state index contributed by atoms with van der Waals surface area (Å²) in [7, 11) is 0. The van der Waals surface area contributed by atoms with E-state index in [1.165, 1.54) is 18.4 Å². The number of hydrogen-bond acceptors (Lipinski definition) is 3. The number of likely N-dealkylation sites (tertiary alicyclic amines) is 1. The summed E-state index contributed by atoms with van der Waals surface area (Å²) < 4.78 is 10.8. The first-order valence-corrected chi connectivity index (χ1v) is 8.24. The van der Waals surface area contributed by atoms with Gasteiger partial charge in [0.25, 0.3) is 0 Å². The Morgan fingerprint density at radius 3 is 2.82 bits per heavy atom. The van der Waals surface area contributed by atoms with Gasteiger partial charge in [-0.05, 0) is 37.0 Å². The van der Waals surface area contributed by atoms with Gasteiger partial charge in [0.2, 0.25) is 6.79 Å². The van der Waals surface area contributed by atoms with E-state index in [1.54, 1.807) is 0 Å². The highest BCUT2D eigenvalue weighted by molar-refractivity contribution is 5.75. The van der Waals surface area contributed by atoms with Gasteiger partial charge in [0.05, 0.1) is 0 Å². The molecule has 1 aromatic rings. The molecule has 5 nitrogen and oxygen atoms in total. The Bertz CT molecular complexity index is 569. The summed E-state index contributed by atoms with van der Waals surface area (Å²) in [5.41, 5.74) is 1.24. The lowest BCUT2D eigenvalue weighted by Gasteiger charge is -2.20. The minimum Gasteiger partial charge on any atom is -0.454 e. The number of carbonyl (C=O) groups excluding carboxylic acids is 1. The highest BCUT2D eigenvalue weighted by atomic mass is 16.7. The van der Waals surface area contributed by atoms with Crippen molar-refractivity contribution >= 4 is 6.03 Å². The van der Waals surface area contributed by atoms with Crippen molar-refractivity contribution in [2.75, 3.05) is 19.9 Å². The van der Waals surface area contributed by atoms with Crippen LogP contribution in [0.4, 0.5) is 4.79 Å². The molecule has 2 amide bonds. The number of hydrogen-bond donors (Lipinski definition) is 1. The Morgan fingerprint density at radius 2 is 1.95 bits per heavy atom. The summed E-state index contributed by atoms with van der Waals surface area (Å²) in [6.45, 7) is 1.93. The molecule has 1 unspecified atom stereocenters. The van der Waals surface area contributed by atoms with Gasteiger partial charge in [-0.1, -0.05) is 18.9 Å². The number of ether oxygens (including phenoxy) is 2. The molecule has 22 heavy (non-hydrogen) atoms. The fraction of sp³-hybridized carbons (Fsp3) is 0.588. The van der Waals surface area contributed by atoms with Crippen molar-refractivity contribution < 1.29 is 14.3 Å². The molecule has 4 rings (SSSR count). The number of nitrogens with zero attached hydrogens (tertiary/aromatic N) is 1. The van der Waals surface area contributed by atoms with E-state index in [-0.39, 0.29) is 6.03 Å². The number of carbonyl (C=O) groups is 1. The Labute approximate surface area is 130 Å². The maximum absolute atomic E-state index is 12.3. The number of rotatable bonds is 2. The third kappa shape index (κ3) is 2.60. The molecule has 2 aliphatic heterocycles. The minimum atomic E-state index is 0.107. The van der Waals surface area contributed by atoms with Crippen LogP contribution in [0, 0.1) is 0 Å². The van der Waals surface area contributed by atoms with Gasteiger partial charge in [-0.2, -0.15) is 0 Å². The zero-order chi connectivity index (χ0) is 14.9. The molecule has 5 heteroatoms. The first-order valence-electron chi connectivity index (χ1n) is 8.24. The molecule has 118 valence electrons. The smallest absolute Gasteiger partial charge is 0.317 e. The van der Waals surface area contributed by atoms with Crippen molar-refractivity contribution in [2.24, 2.45) is 0 Å². The van der Waals surface area contributed by atoms with Crippen molar-refractivity contribution in [2.45, 2.75) is 44.1 Å². The van der Waals surface area contributed by atoms with Crippen molar-refractivity contribution in [3.8, 4) is 11.5 Å². The van der Waals surface area contributed by atoms with Crippen LogP contribution in [0.25, 0.3) is 0 Å². The van der Waals surface area contributed by atoms with Gasteiger partial charge in [0.15, 0.2) is 11.5 Å². The number of benzene rings is 1. The summed E-state index contributed by atoms with van der Waals surface area (Å²) >= 11 is 0. The SMILES string of the molecule is O=C(NC1CCCC1)N1CCC(c2ccc3c(c2)OCO3)C1. The van der Waals surface area contributed by atoms with E-state index in [0.717, 1.165) is 43.9 Å². The zero-order valence-corrected chi connectivity index (χ0v) is 12.7. The lowest BCUT2D eigenvalue weighted by molar-refractivity contribution is 0.174. The first kappa shape index (κ1) is 13.7. The second-order valence-corrected chi connectivity index (χ2v) is 6.48. The quantitative estimate of drug-likeness (QED) is 0.914. The van der Waals surface area contributed by atoms with Crippen molar-refractivity contribution in [1.82, 2.24) is 10.2 Å². The van der Waals surface area contributed by atoms with Crippen LogP contribution in [0.15, 0.2) is 18.2 Å². The van der Waals surface area contributed by atoms with E-state index in [9.17, 15) is 4.79 Å². The fourth-order valence-corrected chi connectivity index (χ4v) is 3.72. The van der Waals surface area contributed by atoms with E-state index in [1.807, 2.05) is 11.0 Å². The summed E-state index contributed by atoms with van der Waals surface area (Å²) in [6.07, 6.45) is 5.75. The third-order valence-electron chi connectivity index (χ3n) is 5.03. The molecule has 1 atom stereocenters. The fourth-order valence-electron chi connectivity index (χ4n) is 3.72. The molecule has 2 heterocycles. The molecule has 0 spiro atoms. The second-order valence-electron chi connectivity index (χ2n) is 6.48. The molecule has 2 fully saturated rings. The van der Waals surface area contributed by atoms with Crippen molar-refractivity contribution in [3.63, 3.8) is 0 Å². The van der Waals surface area contributed by atoms with Crippen molar-refractivity contribution in [1.29, 1.82) is 0 Å². The summed E-state index contributed by atoms with van der Waals surface area (Å²) in [6, 6.07) is 6.62. The molecule has 1 aromatic carbocycles. The zero-order valence-electron chi connectivity index (χ0n) is 12.7. The van der Waals surface area contributed by atoms with Gasteiger partial charge in [0.1, 0.15) is 0 Å². The second kappa shape index (κ2) is 5.71. The Kier molecular flexibility index (Phi) is 3.56. The number of amides is 2. The largest absolute Gasteiger partial charge is 0.454 e. The molecular weight excluding hydrogens is 280 g/mol. The predicted molar refractivity (Wildman–Crippen MR) is 82.3 cm³/mol. The molecule has 3 aliphatic rings. The van der Waals surface area contributed by atoms with Gasteiger partial charge in [-0.15, -0.1) is 0 Å². The van der Waals surface area contributed by atoms with Crippen molar-refractivity contribution in [3.05, 3.63) is 23.8 Å². The highest BCUT2D eigenvalue weighted by Crippen LogP contribution is 2.37. The van der Waals surface area contributed by atoms with E-state index in [2.05, 4.69) is 17.4 Å². The summed E-state index contributed by atoms with van der Waals surface area (Å²) in [4.78, 5) is 14.3. The lowest BCUT2D eigenvalue weighted by atomic mass is 9.98. The van der Waals surface area contributed by atoms with E-state index in [4.69, 9.17) is 9.47 Å². The van der Waals surface area contributed by atoms with Crippen LogP contribution in [-0.4, -0.2) is 36.9 Å². The molecular formula is C17H22N2O3. The van der Waals surface area contributed by atoms with Gasteiger partial charge >= 0.3 is 6.03 Å². The van der Waals surface area contributed by atoms with Gasteiger partial charge in [0, 0.05) is 25.0 Å². The molecule has 0 bridgehead atoms. The molecule has 1 saturated heterocycles. The lowest BCUT2D eigenvalue weighted by Crippen LogP contribution is -2.42. The van der Waals surface area contributed by atoms with Gasteiger partial charge < -0.3 is 19.7 Å². The van der Waals surface area contributed by atoms with Gasteiger partial charge in [-0.3, -0.25) is 0 Å². The summed E-state index contributed by atoms with van der Waals surface area (Å²) in [5.74, 6) is 2.03. The minimum absolute atomic E-state index is 0.107. The van der Waals surface area contributed by atoms with E-state index < -0.39 is 0 Å². The summed E-state index contributed by atoms with van der Waals surface area (Å²) in [5, 5.41) is 3.18.